The molecule has 2 atom stereocenters. The molecule has 9 heteroatoms. The van der Waals surface area contributed by atoms with Gasteiger partial charge in [0, 0.05) is 5.92 Å². The number of nitrogens with zero attached hydrogens (tertiary/aromatic N) is 3. The number of nitrogens with one attached hydrogen (secondary N) is 2. The number of alkyl halides is 3. The molecule has 0 saturated heterocycles. The molecule has 2 unspecified atom stereocenters. The van der Waals surface area contributed by atoms with E-state index in [-0.39, 0.29) is 23.8 Å². The number of nitrogen functional groups attached to an aromatic ring is 1. The van der Waals surface area contributed by atoms with E-state index >= 15 is 0 Å². The maximum atomic E-state index is 13.7. The first-order chi connectivity index (χ1) is 15.3. The number of nitrogens with two attached hydrogens (primary N) is 1. The lowest BCUT2D eigenvalue weighted by Crippen LogP contribution is -2.35. The van der Waals surface area contributed by atoms with E-state index < -0.39 is 12.2 Å². The number of aromatic nitrogens is 4. The Kier molecular flexibility index (Phi) is 7.42. The van der Waals surface area contributed by atoms with Gasteiger partial charge in [0.25, 0.3) is 0 Å². The first-order valence-electron chi connectivity index (χ1n) is 10.1. The van der Waals surface area contributed by atoms with Gasteiger partial charge in [0.2, 0.25) is 0 Å². The summed E-state index contributed by atoms with van der Waals surface area (Å²) >= 11 is 0. The first kappa shape index (κ1) is 23.2. The van der Waals surface area contributed by atoms with Crippen LogP contribution in [0.2, 0.25) is 0 Å². The van der Waals surface area contributed by atoms with Crippen LogP contribution in [-0.2, 0) is 0 Å². The van der Waals surface area contributed by atoms with Gasteiger partial charge >= 0.3 is 6.18 Å². The van der Waals surface area contributed by atoms with Crippen molar-refractivity contribution >= 4 is 17.0 Å². The van der Waals surface area contributed by atoms with Crippen LogP contribution in [-0.4, -0.2) is 33.1 Å². The lowest BCUT2D eigenvalue weighted by atomic mass is 9.88. The van der Waals surface area contributed by atoms with Crippen LogP contribution in [0.15, 0.2) is 72.9 Å². The Morgan fingerprint density at radius 1 is 1.25 bits per heavy atom. The van der Waals surface area contributed by atoms with Gasteiger partial charge in [-0.15, -0.1) is 5.10 Å². The lowest BCUT2D eigenvalue weighted by Gasteiger charge is -2.24. The highest BCUT2D eigenvalue weighted by Crippen LogP contribution is 2.35. The van der Waals surface area contributed by atoms with Crippen molar-refractivity contribution in [2.24, 2.45) is 0 Å². The first-order valence-corrected chi connectivity index (χ1v) is 10.1. The van der Waals surface area contributed by atoms with Crippen molar-refractivity contribution in [3.8, 4) is 0 Å². The van der Waals surface area contributed by atoms with Crippen LogP contribution in [0.25, 0.3) is 11.2 Å². The number of H-pyrrole nitrogens is 1. The van der Waals surface area contributed by atoms with E-state index in [1.54, 1.807) is 36.4 Å². The molecule has 0 saturated carbocycles. The maximum Gasteiger partial charge on any atom is 0.407 e. The predicted octanol–water partition coefficient (Wildman–Crippen LogP) is 4.99. The molecule has 0 radical (unpaired) electrons. The van der Waals surface area contributed by atoms with Gasteiger partial charge in [-0.25, -0.2) is 10.1 Å². The molecular formula is C23H25F3N6. The van der Waals surface area contributed by atoms with E-state index in [0.29, 0.717) is 17.6 Å². The van der Waals surface area contributed by atoms with Crippen LogP contribution in [0.3, 0.4) is 0 Å². The third-order valence-corrected chi connectivity index (χ3v) is 5.12. The van der Waals surface area contributed by atoms with Gasteiger partial charge in [-0.2, -0.15) is 13.2 Å². The van der Waals surface area contributed by atoms with E-state index in [2.05, 4.69) is 32.3 Å². The van der Waals surface area contributed by atoms with Gasteiger partial charge in [-0.1, -0.05) is 72.0 Å². The van der Waals surface area contributed by atoms with Crippen LogP contribution in [0, 0.1) is 0 Å². The Hall–Kier alpha value is -3.46. The molecule has 6 nitrogen and oxygen atoms in total. The lowest BCUT2D eigenvalue weighted by molar-refractivity contribution is -0.157. The highest BCUT2D eigenvalue weighted by molar-refractivity contribution is 5.77. The van der Waals surface area contributed by atoms with Crippen molar-refractivity contribution in [2.75, 3.05) is 12.3 Å². The minimum Gasteiger partial charge on any atom is -0.384 e. The van der Waals surface area contributed by atoms with Crippen LogP contribution in [0.4, 0.5) is 19.0 Å². The van der Waals surface area contributed by atoms with E-state index in [1.807, 2.05) is 19.1 Å². The summed E-state index contributed by atoms with van der Waals surface area (Å²) in [4.78, 5) is 4.18. The van der Waals surface area contributed by atoms with E-state index in [1.165, 1.54) is 12.1 Å². The van der Waals surface area contributed by atoms with Crippen molar-refractivity contribution in [3.05, 3.63) is 84.0 Å². The summed E-state index contributed by atoms with van der Waals surface area (Å²) in [7, 11) is 0. The molecule has 3 aromatic rings. The summed E-state index contributed by atoms with van der Waals surface area (Å²) in [5, 5.41) is 13.3. The van der Waals surface area contributed by atoms with Crippen LogP contribution < -0.4 is 11.1 Å². The van der Waals surface area contributed by atoms with Crippen LogP contribution in [0.5, 0.6) is 0 Å². The Morgan fingerprint density at radius 2 is 2.00 bits per heavy atom. The fourth-order valence-corrected chi connectivity index (χ4v) is 3.62. The van der Waals surface area contributed by atoms with Crippen LogP contribution in [0.1, 0.15) is 36.4 Å². The minimum atomic E-state index is -4.42. The number of rotatable bonds is 9. The smallest absolute Gasteiger partial charge is 0.384 e. The zero-order valence-corrected chi connectivity index (χ0v) is 17.6. The number of pyridine rings is 1. The van der Waals surface area contributed by atoms with E-state index in [0.717, 1.165) is 11.1 Å². The Labute approximate surface area is 184 Å². The molecule has 0 aliphatic rings. The van der Waals surface area contributed by atoms with Gasteiger partial charge in [0.1, 0.15) is 17.4 Å². The Balaban J connectivity index is 1.89. The number of halogens is 3. The van der Waals surface area contributed by atoms with Gasteiger partial charge in [0.05, 0.1) is 0 Å². The fourth-order valence-electron chi connectivity index (χ4n) is 3.62. The highest BCUT2D eigenvalue weighted by atomic mass is 19.4. The van der Waals surface area contributed by atoms with Gasteiger partial charge in [0.15, 0.2) is 5.65 Å². The number of allylic oxidation sites excluding steroid dienone is 5. The van der Waals surface area contributed by atoms with Crippen molar-refractivity contribution in [3.63, 3.8) is 0 Å². The molecule has 0 bridgehead atoms. The number of anilines is 1. The monoisotopic (exact) mass is 442 g/mol. The van der Waals surface area contributed by atoms with Gasteiger partial charge < -0.3 is 11.1 Å². The van der Waals surface area contributed by atoms with Gasteiger partial charge in [-0.3, -0.25) is 0 Å². The standard InChI is InChI=1S/C23H25F3N6/c1-3-4-6-9-15(2)17(18-14-19(27)29-22-20(18)30-32-31-22)12-13-28-21(23(24,25)26)16-10-7-5-8-11-16/h3-11,14,17,21,28H,1,12-13H2,2H3,(H3,27,29,30,31,32)/b6-4-,15-9+. The van der Waals surface area contributed by atoms with Crippen molar-refractivity contribution in [1.29, 1.82) is 0 Å². The number of fused-ring (bicyclic) bond motifs is 1. The number of aromatic amines is 1. The molecule has 0 aliphatic heterocycles. The molecule has 1 aromatic carbocycles. The van der Waals surface area contributed by atoms with Crippen molar-refractivity contribution < 1.29 is 13.2 Å². The summed E-state index contributed by atoms with van der Waals surface area (Å²) in [6.45, 7) is 5.68. The second-order valence-corrected chi connectivity index (χ2v) is 7.36. The van der Waals surface area contributed by atoms with Gasteiger partial charge in [-0.05, 0) is 37.1 Å². The SMILES string of the molecule is C=C/C=C\C=C(/C)C(CCNC(c1ccccc1)C(F)(F)F)c1cc(N)nc2[nH]nnc12. The maximum absolute atomic E-state index is 13.7. The molecule has 3 rings (SSSR count). The summed E-state index contributed by atoms with van der Waals surface area (Å²) in [6.07, 6.45) is 3.11. The fraction of sp³-hybridized carbons (Fsp3) is 0.261. The minimum absolute atomic E-state index is 0.113. The molecule has 2 heterocycles. The normalized spacial score (nSPS) is 14.7. The van der Waals surface area contributed by atoms with E-state index in [9.17, 15) is 13.2 Å². The molecule has 0 amide bonds. The number of benzene rings is 1. The van der Waals surface area contributed by atoms with E-state index in [4.69, 9.17) is 5.73 Å². The Bertz CT molecular complexity index is 1100. The molecule has 4 N–H and O–H groups in total. The topological polar surface area (TPSA) is 92.5 Å². The quantitative estimate of drug-likeness (QED) is 0.406. The number of hydrogen-bond donors (Lipinski definition) is 3. The molecule has 32 heavy (non-hydrogen) atoms. The zero-order valence-electron chi connectivity index (χ0n) is 17.6. The Morgan fingerprint density at radius 3 is 2.69 bits per heavy atom. The summed E-state index contributed by atoms with van der Waals surface area (Å²) < 4.78 is 41.1. The summed E-state index contributed by atoms with van der Waals surface area (Å²) in [5.74, 6) is 0.0305. The summed E-state index contributed by atoms with van der Waals surface area (Å²) in [6, 6.07) is 7.75. The predicted molar refractivity (Wildman–Crippen MR) is 120 cm³/mol. The molecule has 0 fully saturated rings. The van der Waals surface area contributed by atoms with Crippen LogP contribution >= 0.6 is 0 Å². The average molecular weight is 442 g/mol. The second kappa shape index (κ2) is 10.2. The van der Waals surface area contributed by atoms with Crippen molar-refractivity contribution in [2.45, 2.75) is 31.5 Å². The average Bonchev–Trinajstić information content (AvgIpc) is 3.21. The second-order valence-electron chi connectivity index (χ2n) is 7.36. The molecule has 2 aromatic heterocycles. The zero-order chi connectivity index (χ0) is 23.1. The van der Waals surface area contributed by atoms with Crippen molar-refractivity contribution in [1.82, 2.24) is 25.7 Å². The molecule has 0 aliphatic carbocycles. The number of hydrogen-bond acceptors (Lipinski definition) is 5. The summed E-state index contributed by atoms with van der Waals surface area (Å²) in [5.41, 5.74) is 8.79. The molecule has 0 spiro atoms. The largest absolute Gasteiger partial charge is 0.407 e. The molecule has 168 valence electrons. The highest BCUT2D eigenvalue weighted by Gasteiger charge is 2.40. The molecular weight excluding hydrogens is 417 g/mol. The third kappa shape index (κ3) is 5.61. The third-order valence-electron chi connectivity index (χ3n) is 5.12.